The molecule has 0 aromatic carbocycles. The third kappa shape index (κ3) is 2.22. The molecule has 98 valence electrons. The minimum atomic E-state index is -0.723. The van der Waals surface area contributed by atoms with Gasteiger partial charge in [-0.2, -0.15) is 10.1 Å². The zero-order valence-corrected chi connectivity index (χ0v) is 11.2. The van der Waals surface area contributed by atoms with Gasteiger partial charge in [-0.25, -0.2) is 4.68 Å². The molecule has 3 N–H and O–H groups in total. The number of carbonyl (C=O) groups is 1. The molecule has 7 heteroatoms. The van der Waals surface area contributed by atoms with Crippen molar-refractivity contribution in [2.24, 2.45) is 18.2 Å². The number of anilines is 1. The van der Waals surface area contributed by atoms with Gasteiger partial charge in [-0.15, -0.1) is 0 Å². The van der Waals surface area contributed by atoms with Gasteiger partial charge < -0.3 is 5.73 Å². The van der Waals surface area contributed by atoms with Crippen LogP contribution in [-0.4, -0.2) is 25.7 Å². The summed E-state index contributed by atoms with van der Waals surface area (Å²) in [5.74, 6) is 0.256. The van der Waals surface area contributed by atoms with Crippen molar-refractivity contribution < 1.29 is 4.79 Å². The summed E-state index contributed by atoms with van der Waals surface area (Å²) in [6.07, 6.45) is 5.90. The van der Waals surface area contributed by atoms with Crippen LogP contribution >= 0.6 is 12.2 Å². The average Bonchev–Trinajstić information content (AvgIpc) is 2.75. The summed E-state index contributed by atoms with van der Waals surface area (Å²) in [4.78, 5) is 16.7. The van der Waals surface area contributed by atoms with E-state index in [2.05, 4.69) is 15.4 Å². The molecule has 0 aliphatic heterocycles. The molecule has 0 atom stereocenters. The highest BCUT2D eigenvalue weighted by Crippen LogP contribution is 2.37. The highest BCUT2D eigenvalue weighted by atomic mass is 32.1. The van der Waals surface area contributed by atoms with Crippen molar-refractivity contribution in [2.75, 3.05) is 5.32 Å². The Labute approximate surface area is 111 Å². The Bertz CT molecular complexity index is 464. The molecular formula is C11H17N5OS. The van der Waals surface area contributed by atoms with Crippen LogP contribution in [0.15, 0.2) is 6.33 Å². The quantitative estimate of drug-likeness (QED) is 0.798. The fourth-order valence-electron chi connectivity index (χ4n) is 2.37. The van der Waals surface area contributed by atoms with Crippen LogP contribution in [0.4, 0.5) is 5.95 Å². The number of hydrogen-bond acceptors (Lipinski definition) is 4. The van der Waals surface area contributed by atoms with E-state index in [1.165, 1.54) is 11.0 Å². The Kier molecular flexibility index (Phi) is 3.60. The maximum absolute atomic E-state index is 12.4. The number of aromatic nitrogens is 3. The monoisotopic (exact) mass is 267 g/mol. The van der Waals surface area contributed by atoms with Crippen LogP contribution in [0.3, 0.4) is 0 Å². The number of nitrogens with two attached hydrogens (primary N) is 1. The fraction of sp³-hybridized carbons (Fsp3) is 0.636. The van der Waals surface area contributed by atoms with Crippen LogP contribution in [0.1, 0.15) is 32.1 Å². The number of amides is 1. The van der Waals surface area contributed by atoms with Crippen LogP contribution in [-0.2, 0) is 11.8 Å². The van der Waals surface area contributed by atoms with Crippen molar-refractivity contribution in [3.8, 4) is 0 Å². The SMILES string of the molecule is Cn1ncnc1NC(=O)C1(C(N)=S)CCCCC1. The molecule has 1 amide bonds. The first-order chi connectivity index (χ1) is 8.56. The third-order valence-corrected chi connectivity index (χ3v) is 3.94. The third-order valence-electron chi connectivity index (χ3n) is 3.55. The van der Waals surface area contributed by atoms with E-state index in [0.717, 1.165) is 19.3 Å². The average molecular weight is 267 g/mol. The Morgan fingerprint density at radius 2 is 2.17 bits per heavy atom. The second kappa shape index (κ2) is 5.01. The van der Waals surface area contributed by atoms with E-state index in [-0.39, 0.29) is 10.9 Å². The normalized spacial score (nSPS) is 18.3. The number of nitrogens with one attached hydrogen (secondary N) is 1. The summed E-state index contributed by atoms with van der Waals surface area (Å²) in [7, 11) is 1.72. The van der Waals surface area contributed by atoms with Gasteiger partial charge in [0.1, 0.15) is 6.33 Å². The van der Waals surface area contributed by atoms with Crippen LogP contribution in [0.2, 0.25) is 0 Å². The highest BCUT2D eigenvalue weighted by Gasteiger charge is 2.42. The molecule has 18 heavy (non-hydrogen) atoms. The van der Waals surface area contributed by atoms with Gasteiger partial charge in [0.05, 0.1) is 10.4 Å². The molecule has 0 unspecified atom stereocenters. The van der Waals surface area contributed by atoms with E-state index >= 15 is 0 Å². The summed E-state index contributed by atoms with van der Waals surface area (Å²) in [5.41, 5.74) is 5.08. The number of hydrogen-bond donors (Lipinski definition) is 2. The van der Waals surface area contributed by atoms with E-state index in [0.29, 0.717) is 18.8 Å². The van der Waals surface area contributed by atoms with E-state index in [1.807, 2.05) is 0 Å². The summed E-state index contributed by atoms with van der Waals surface area (Å²) in [5, 5.41) is 6.67. The van der Waals surface area contributed by atoms with Crippen LogP contribution in [0.25, 0.3) is 0 Å². The first kappa shape index (κ1) is 12.9. The molecule has 1 fully saturated rings. The van der Waals surface area contributed by atoms with Crippen molar-refractivity contribution in [3.63, 3.8) is 0 Å². The number of carbonyl (C=O) groups excluding carboxylic acids is 1. The number of rotatable bonds is 3. The van der Waals surface area contributed by atoms with Crippen molar-refractivity contribution in [2.45, 2.75) is 32.1 Å². The van der Waals surface area contributed by atoms with Crippen LogP contribution in [0, 0.1) is 5.41 Å². The number of nitrogens with zero attached hydrogens (tertiary/aromatic N) is 3. The van der Waals surface area contributed by atoms with E-state index < -0.39 is 5.41 Å². The molecule has 2 rings (SSSR count). The number of thiocarbonyl (C=S) groups is 1. The summed E-state index contributed by atoms with van der Waals surface area (Å²) < 4.78 is 1.51. The Morgan fingerprint density at radius 1 is 1.50 bits per heavy atom. The van der Waals surface area contributed by atoms with E-state index in [4.69, 9.17) is 18.0 Å². The molecule has 1 aliphatic carbocycles. The van der Waals surface area contributed by atoms with Gasteiger partial charge in [-0.3, -0.25) is 10.1 Å². The highest BCUT2D eigenvalue weighted by molar-refractivity contribution is 7.80. The Balaban J connectivity index is 2.19. The van der Waals surface area contributed by atoms with Gasteiger partial charge in [0, 0.05) is 7.05 Å². The first-order valence-corrected chi connectivity index (χ1v) is 6.42. The van der Waals surface area contributed by atoms with Crippen molar-refractivity contribution in [1.82, 2.24) is 14.8 Å². The molecule has 0 radical (unpaired) electrons. The lowest BCUT2D eigenvalue weighted by Crippen LogP contribution is -2.47. The topological polar surface area (TPSA) is 85.8 Å². The van der Waals surface area contributed by atoms with Gasteiger partial charge in [0.2, 0.25) is 11.9 Å². The van der Waals surface area contributed by atoms with Crippen molar-refractivity contribution in [3.05, 3.63) is 6.33 Å². The predicted molar refractivity (Wildman–Crippen MR) is 71.9 cm³/mol. The van der Waals surface area contributed by atoms with Gasteiger partial charge in [-0.05, 0) is 12.8 Å². The number of aryl methyl sites for hydroxylation is 1. The largest absolute Gasteiger partial charge is 0.392 e. The lowest BCUT2D eigenvalue weighted by molar-refractivity contribution is -0.123. The zero-order chi connectivity index (χ0) is 13.2. The van der Waals surface area contributed by atoms with E-state index in [9.17, 15) is 4.79 Å². The maximum atomic E-state index is 12.4. The molecule has 1 aromatic heterocycles. The minimum absolute atomic E-state index is 0.161. The molecule has 1 aliphatic rings. The summed E-state index contributed by atoms with van der Waals surface area (Å²) >= 11 is 5.11. The molecule has 1 saturated carbocycles. The Hall–Kier alpha value is -1.50. The minimum Gasteiger partial charge on any atom is -0.392 e. The van der Waals surface area contributed by atoms with Crippen LogP contribution in [0.5, 0.6) is 0 Å². The standard InChI is InChI=1S/C11H17N5OS/c1-16-10(13-7-14-16)15-9(17)11(8(12)18)5-3-2-4-6-11/h7H,2-6H2,1H3,(H2,12,18)(H,13,14,15,17). The van der Waals surface area contributed by atoms with Crippen LogP contribution < -0.4 is 11.1 Å². The first-order valence-electron chi connectivity index (χ1n) is 6.01. The fourth-order valence-corrected chi connectivity index (χ4v) is 2.67. The molecule has 6 nitrogen and oxygen atoms in total. The summed E-state index contributed by atoms with van der Waals surface area (Å²) in [6.45, 7) is 0. The molecule has 0 bridgehead atoms. The molecular weight excluding hydrogens is 250 g/mol. The molecule has 1 aromatic rings. The van der Waals surface area contributed by atoms with Gasteiger partial charge in [0.15, 0.2) is 0 Å². The molecule has 1 heterocycles. The van der Waals surface area contributed by atoms with Crippen molar-refractivity contribution >= 4 is 29.1 Å². The second-order valence-corrected chi connectivity index (χ2v) is 5.11. The maximum Gasteiger partial charge on any atom is 0.239 e. The molecule has 0 spiro atoms. The molecule has 0 saturated heterocycles. The summed E-state index contributed by atoms with van der Waals surface area (Å²) in [6, 6.07) is 0. The predicted octanol–water partition coefficient (Wildman–Crippen LogP) is 0.990. The lowest BCUT2D eigenvalue weighted by atomic mass is 9.73. The van der Waals surface area contributed by atoms with Gasteiger partial charge in [0.25, 0.3) is 0 Å². The van der Waals surface area contributed by atoms with Gasteiger partial charge >= 0.3 is 0 Å². The zero-order valence-electron chi connectivity index (χ0n) is 10.3. The smallest absolute Gasteiger partial charge is 0.239 e. The van der Waals surface area contributed by atoms with Gasteiger partial charge in [-0.1, -0.05) is 31.5 Å². The lowest BCUT2D eigenvalue weighted by Gasteiger charge is -2.34. The van der Waals surface area contributed by atoms with E-state index in [1.54, 1.807) is 7.05 Å². The van der Waals surface area contributed by atoms with Crippen molar-refractivity contribution in [1.29, 1.82) is 0 Å². The second-order valence-electron chi connectivity index (χ2n) is 4.67. The Morgan fingerprint density at radius 3 is 2.67 bits per heavy atom.